The topological polar surface area (TPSA) is 46.2 Å². The van der Waals surface area contributed by atoms with Crippen LogP contribution in [0, 0.1) is 6.92 Å². The lowest BCUT2D eigenvalue weighted by Gasteiger charge is -2.13. The summed E-state index contributed by atoms with van der Waals surface area (Å²) >= 11 is 13.1. The van der Waals surface area contributed by atoms with E-state index in [9.17, 15) is 8.42 Å². The van der Waals surface area contributed by atoms with Gasteiger partial charge in [-0.05, 0) is 55.1 Å². The molecule has 0 saturated heterocycles. The van der Waals surface area contributed by atoms with E-state index in [1.165, 1.54) is 17.8 Å². The lowest BCUT2D eigenvalue weighted by Crippen LogP contribution is -2.14. The predicted molar refractivity (Wildman–Crippen MR) is 90.2 cm³/mol. The molecule has 2 aromatic carbocycles. The van der Waals surface area contributed by atoms with E-state index in [1.807, 2.05) is 6.26 Å². The average molecular weight is 362 g/mol. The first-order valence-corrected chi connectivity index (χ1v) is 9.42. The molecule has 7 heteroatoms. The number of sulfonamides is 1. The van der Waals surface area contributed by atoms with Gasteiger partial charge < -0.3 is 0 Å². The molecule has 0 aliphatic rings. The van der Waals surface area contributed by atoms with Crippen molar-refractivity contribution >= 4 is 50.7 Å². The van der Waals surface area contributed by atoms with Crippen molar-refractivity contribution in [1.29, 1.82) is 0 Å². The molecule has 1 N–H and O–H groups in total. The van der Waals surface area contributed by atoms with E-state index in [4.69, 9.17) is 23.2 Å². The van der Waals surface area contributed by atoms with Gasteiger partial charge in [0.2, 0.25) is 0 Å². The molecule has 0 fully saturated rings. The summed E-state index contributed by atoms with van der Waals surface area (Å²) in [7, 11) is -3.71. The SMILES string of the molecule is CSc1ccc(Cl)cc1S(=O)(=O)Nc1ccc(Cl)cc1C. The van der Waals surface area contributed by atoms with E-state index in [0.717, 1.165) is 5.56 Å². The van der Waals surface area contributed by atoms with E-state index >= 15 is 0 Å². The zero-order chi connectivity index (χ0) is 15.6. The van der Waals surface area contributed by atoms with Crippen LogP contribution in [-0.2, 0) is 10.0 Å². The number of rotatable bonds is 4. The first-order valence-electron chi connectivity index (χ1n) is 5.96. The summed E-state index contributed by atoms with van der Waals surface area (Å²) in [6.07, 6.45) is 1.82. The molecule has 0 aliphatic carbocycles. The van der Waals surface area contributed by atoms with Crippen molar-refractivity contribution in [2.45, 2.75) is 16.7 Å². The van der Waals surface area contributed by atoms with Gasteiger partial charge >= 0.3 is 0 Å². The fourth-order valence-electron chi connectivity index (χ4n) is 1.80. The van der Waals surface area contributed by atoms with Gasteiger partial charge in [0.1, 0.15) is 4.90 Å². The van der Waals surface area contributed by atoms with Crippen LogP contribution >= 0.6 is 35.0 Å². The Morgan fingerprint density at radius 3 is 2.29 bits per heavy atom. The molecule has 2 aromatic rings. The lowest BCUT2D eigenvalue weighted by atomic mass is 10.2. The normalized spacial score (nSPS) is 11.4. The van der Waals surface area contributed by atoms with Gasteiger partial charge in [-0.25, -0.2) is 8.42 Å². The number of nitrogens with one attached hydrogen (secondary N) is 1. The van der Waals surface area contributed by atoms with Crippen LogP contribution in [0.3, 0.4) is 0 Å². The van der Waals surface area contributed by atoms with Gasteiger partial charge in [-0.3, -0.25) is 4.72 Å². The second kappa shape index (κ2) is 6.48. The van der Waals surface area contributed by atoms with E-state index in [-0.39, 0.29) is 4.90 Å². The van der Waals surface area contributed by atoms with Gasteiger partial charge in [0.05, 0.1) is 5.69 Å². The average Bonchev–Trinajstić information content (AvgIpc) is 2.42. The van der Waals surface area contributed by atoms with E-state index < -0.39 is 10.0 Å². The van der Waals surface area contributed by atoms with Crippen molar-refractivity contribution < 1.29 is 8.42 Å². The Morgan fingerprint density at radius 1 is 1.05 bits per heavy atom. The molecule has 0 radical (unpaired) electrons. The van der Waals surface area contributed by atoms with Crippen LogP contribution in [-0.4, -0.2) is 14.7 Å². The van der Waals surface area contributed by atoms with Crippen molar-refractivity contribution in [1.82, 2.24) is 0 Å². The molecule has 0 heterocycles. The zero-order valence-corrected chi connectivity index (χ0v) is 14.5. The zero-order valence-electron chi connectivity index (χ0n) is 11.4. The molecule has 0 saturated carbocycles. The van der Waals surface area contributed by atoms with Crippen LogP contribution in [0.1, 0.15) is 5.56 Å². The quantitative estimate of drug-likeness (QED) is 0.793. The molecule has 0 aliphatic heterocycles. The first kappa shape index (κ1) is 16.5. The summed E-state index contributed by atoms with van der Waals surface area (Å²) in [6.45, 7) is 1.79. The standard InChI is InChI=1S/C14H13Cl2NO2S2/c1-9-7-10(15)3-5-12(9)17-21(18,19)14-8-11(16)4-6-13(14)20-2/h3-8,17H,1-2H3. The van der Waals surface area contributed by atoms with Crippen molar-refractivity contribution in [3.8, 4) is 0 Å². The molecule has 0 atom stereocenters. The van der Waals surface area contributed by atoms with Crippen LogP contribution in [0.4, 0.5) is 5.69 Å². The molecule has 3 nitrogen and oxygen atoms in total. The maximum Gasteiger partial charge on any atom is 0.263 e. The van der Waals surface area contributed by atoms with Crippen LogP contribution in [0.5, 0.6) is 0 Å². The van der Waals surface area contributed by atoms with Crippen molar-refractivity contribution in [2.75, 3.05) is 11.0 Å². The number of hydrogen-bond acceptors (Lipinski definition) is 3. The van der Waals surface area contributed by atoms with Crippen LogP contribution in [0.15, 0.2) is 46.2 Å². The summed E-state index contributed by atoms with van der Waals surface area (Å²) in [5.41, 5.74) is 1.24. The second-order valence-electron chi connectivity index (χ2n) is 4.36. The maximum atomic E-state index is 12.6. The molecule has 21 heavy (non-hydrogen) atoms. The molecule has 112 valence electrons. The Morgan fingerprint density at radius 2 is 1.67 bits per heavy atom. The Labute approximate surface area is 138 Å². The van der Waals surface area contributed by atoms with Gasteiger partial charge in [0.25, 0.3) is 10.0 Å². The summed E-state index contributed by atoms with van der Waals surface area (Å²) in [4.78, 5) is 0.801. The van der Waals surface area contributed by atoms with Gasteiger partial charge in [-0.2, -0.15) is 0 Å². The van der Waals surface area contributed by atoms with Crippen LogP contribution < -0.4 is 4.72 Å². The van der Waals surface area contributed by atoms with Crippen molar-refractivity contribution in [3.63, 3.8) is 0 Å². The third-order valence-electron chi connectivity index (χ3n) is 2.85. The Bertz CT molecular complexity index is 777. The minimum absolute atomic E-state index is 0.164. The highest BCUT2D eigenvalue weighted by atomic mass is 35.5. The molecule has 0 bridgehead atoms. The number of anilines is 1. The van der Waals surface area contributed by atoms with E-state index in [2.05, 4.69) is 4.72 Å². The fourth-order valence-corrected chi connectivity index (χ4v) is 4.55. The fraction of sp³-hybridized carbons (Fsp3) is 0.143. The third-order valence-corrected chi connectivity index (χ3v) is 5.65. The highest BCUT2D eigenvalue weighted by Gasteiger charge is 2.19. The molecule has 2 rings (SSSR count). The molecule has 0 amide bonds. The maximum absolute atomic E-state index is 12.6. The molecular weight excluding hydrogens is 349 g/mol. The number of halogens is 2. The first-order chi connectivity index (χ1) is 9.83. The number of aryl methyl sites for hydroxylation is 1. The molecule has 0 aromatic heterocycles. The highest BCUT2D eigenvalue weighted by molar-refractivity contribution is 7.99. The number of hydrogen-bond donors (Lipinski definition) is 1. The molecule has 0 unspecified atom stereocenters. The van der Waals surface area contributed by atoms with Crippen LogP contribution in [0.25, 0.3) is 0 Å². The van der Waals surface area contributed by atoms with Crippen molar-refractivity contribution in [2.24, 2.45) is 0 Å². The second-order valence-corrected chi connectivity index (χ2v) is 7.73. The summed E-state index contributed by atoms with van der Waals surface area (Å²) in [5.74, 6) is 0. The summed E-state index contributed by atoms with van der Waals surface area (Å²) in [5, 5.41) is 0.934. The van der Waals surface area contributed by atoms with Gasteiger partial charge in [-0.1, -0.05) is 23.2 Å². The van der Waals surface area contributed by atoms with Gasteiger partial charge in [0.15, 0.2) is 0 Å². The Kier molecular flexibility index (Phi) is 5.09. The Balaban J connectivity index is 2.45. The van der Waals surface area contributed by atoms with E-state index in [1.54, 1.807) is 37.3 Å². The minimum atomic E-state index is -3.71. The number of thioether (sulfide) groups is 1. The van der Waals surface area contributed by atoms with Crippen molar-refractivity contribution in [3.05, 3.63) is 52.0 Å². The minimum Gasteiger partial charge on any atom is -0.279 e. The number of benzene rings is 2. The van der Waals surface area contributed by atoms with E-state index in [0.29, 0.717) is 20.6 Å². The largest absolute Gasteiger partial charge is 0.279 e. The monoisotopic (exact) mass is 361 g/mol. The Hall–Kier alpha value is -0.880. The molecular formula is C14H13Cl2NO2S2. The highest BCUT2D eigenvalue weighted by Crippen LogP contribution is 2.30. The predicted octanol–water partition coefficient (Wildman–Crippen LogP) is 4.82. The van der Waals surface area contributed by atoms with Gasteiger partial charge in [0, 0.05) is 14.9 Å². The lowest BCUT2D eigenvalue weighted by molar-refractivity contribution is 0.599. The third kappa shape index (κ3) is 3.86. The van der Waals surface area contributed by atoms with Gasteiger partial charge in [-0.15, -0.1) is 11.8 Å². The summed E-state index contributed by atoms with van der Waals surface area (Å²) in [6, 6.07) is 9.78. The summed E-state index contributed by atoms with van der Waals surface area (Å²) < 4.78 is 27.7. The smallest absolute Gasteiger partial charge is 0.263 e. The molecule has 0 spiro atoms. The van der Waals surface area contributed by atoms with Crippen LogP contribution in [0.2, 0.25) is 10.0 Å².